The van der Waals surface area contributed by atoms with Gasteiger partial charge in [0.15, 0.2) is 0 Å². The Balaban J connectivity index is 2.10. The smallest absolute Gasteiger partial charge is 0.257 e. The number of aromatic nitrogens is 2. The number of carbonyl (C=O) groups excluding carboxylic acids is 1. The molecule has 96 valence electrons. The molecule has 0 bridgehead atoms. The van der Waals surface area contributed by atoms with Crippen molar-refractivity contribution in [1.29, 1.82) is 0 Å². The summed E-state index contributed by atoms with van der Waals surface area (Å²) in [6.45, 7) is 1.90. The summed E-state index contributed by atoms with van der Waals surface area (Å²) in [7, 11) is 1.69. The molecule has 0 aliphatic heterocycles. The Morgan fingerprint density at radius 1 is 1.61 bits per heavy atom. The predicted octanol–water partition coefficient (Wildman–Crippen LogP) is 2.21. The highest BCUT2D eigenvalue weighted by Crippen LogP contribution is 2.27. The lowest BCUT2D eigenvalue weighted by molar-refractivity contribution is 0.0941. The van der Waals surface area contributed by atoms with Crippen LogP contribution in [0.15, 0.2) is 18.3 Å². The van der Waals surface area contributed by atoms with Gasteiger partial charge in [-0.2, -0.15) is 5.10 Å². The van der Waals surface area contributed by atoms with Gasteiger partial charge in [0.2, 0.25) is 0 Å². The van der Waals surface area contributed by atoms with E-state index in [2.05, 4.69) is 10.4 Å². The second kappa shape index (κ2) is 4.99. The molecule has 2 aromatic rings. The van der Waals surface area contributed by atoms with Crippen molar-refractivity contribution in [1.82, 2.24) is 15.1 Å². The van der Waals surface area contributed by atoms with Crippen molar-refractivity contribution in [2.75, 3.05) is 5.73 Å². The van der Waals surface area contributed by atoms with Gasteiger partial charge < -0.3 is 11.1 Å². The number of amides is 1. The number of halogens is 1. The molecule has 0 radical (unpaired) electrons. The number of aryl methyl sites for hydroxylation is 1. The van der Waals surface area contributed by atoms with E-state index in [9.17, 15) is 4.79 Å². The van der Waals surface area contributed by atoms with Gasteiger partial charge in [0, 0.05) is 11.9 Å². The predicted molar refractivity (Wildman–Crippen MR) is 72.8 cm³/mol. The highest BCUT2D eigenvalue weighted by Gasteiger charge is 2.17. The quantitative estimate of drug-likeness (QED) is 0.907. The van der Waals surface area contributed by atoms with Crippen LogP contribution in [-0.2, 0) is 7.05 Å². The number of nitrogens with two attached hydrogens (primary N) is 1. The minimum absolute atomic E-state index is 0.116. The van der Waals surface area contributed by atoms with Gasteiger partial charge >= 0.3 is 0 Å². The summed E-state index contributed by atoms with van der Waals surface area (Å²) in [6, 6.07) is 3.59. The molecule has 7 heteroatoms. The third-order valence-corrected chi connectivity index (χ3v) is 4.01. The van der Waals surface area contributed by atoms with Crippen LogP contribution in [0.1, 0.15) is 28.2 Å². The first-order valence-corrected chi connectivity index (χ1v) is 6.52. The number of nitrogen functional groups attached to an aromatic ring is 1. The Morgan fingerprint density at radius 3 is 2.83 bits per heavy atom. The van der Waals surface area contributed by atoms with E-state index < -0.39 is 0 Å². The fourth-order valence-electron chi connectivity index (χ4n) is 1.53. The maximum atomic E-state index is 12.0. The maximum absolute atomic E-state index is 12.0. The van der Waals surface area contributed by atoms with Crippen molar-refractivity contribution in [2.45, 2.75) is 13.0 Å². The van der Waals surface area contributed by atoms with Gasteiger partial charge in [-0.3, -0.25) is 9.48 Å². The van der Waals surface area contributed by atoms with Crippen molar-refractivity contribution < 1.29 is 4.79 Å². The first kappa shape index (κ1) is 12.9. The second-order valence-electron chi connectivity index (χ2n) is 3.90. The van der Waals surface area contributed by atoms with E-state index in [0.717, 1.165) is 4.88 Å². The largest absolute Gasteiger partial charge is 0.383 e. The lowest BCUT2D eigenvalue weighted by Crippen LogP contribution is -2.26. The Kier molecular flexibility index (Phi) is 3.58. The van der Waals surface area contributed by atoms with Crippen LogP contribution < -0.4 is 11.1 Å². The van der Waals surface area contributed by atoms with E-state index in [1.165, 1.54) is 22.2 Å². The van der Waals surface area contributed by atoms with Crippen molar-refractivity contribution >= 4 is 34.7 Å². The molecule has 0 saturated heterocycles. The zero-order valence-corrected chi connectivity index (χ0v) is 11.5. The first-order valence-electron chi connectivity index (χ1n) is 5.32. The van der Waals surface area contributed by atoms with Gasteiger partial charge in [-0.1, -0.05) is 11.6 Å². The van der Waals surface area contributed by atoms with Crippen LogP contribution in [0.3, 0.4) is 0 Å². The van der Waals surface area contributed by atoms with Crippen molar-refractivity contribution in [3.05, 3.63) is 33.1 Å². The molecule has 0 saturated carbocycles. The number of anilines is 1. The summed E-state index contributed by atoms with van der Waals surface area (Å²) in [5, 5.41) is 6.79. The van der Waals surface area contributed by atoms with Gasteiger partial charge in [0.25, 0.3) is 5.91 Å². The van der Waals surface area contributed by atoms with E-state index in [1.54, 1.807) is 7.05 Å². The number of thiophene rings is 1. The Bertz CT molecular complexity index is 577. The van der Waals surface area contributed by atoms with E-state index in [1.807, 2.05) is 19.1 Å². The van der Waals surface area contributed by atoms with E-state index in [0.29, 0.717) is 15.7 Å². The van der Waals surface area contributed by atoms with E-state index in [-0.39, 0.29) is 11.9 Å². The minimum atomic E-state index is -0.238. The third-order valence-electron chi connectivity index (χ3n) is 2.60. The van der Waals surface area contributed by atoms with Gasteiger partial charge in [0.1, 0.15) is 11.4 Å². The molecular formula is C11H13ClN4OS. The standard InChI is InChI=1S/C11H13ClN4OS/c1-6(8-3-4-9(12)18-8)15-11(17)7-5-14-16(2)10(7)13/h3-6H,13H2,1-2H3,(H,15,17). The molecule has 1 amide bonds. The molecule has 0 aliphatic carbocycles. The lowest BCUT2D eigenvalue weighted by Gasteiger charge is -2.11. The molecule has 2 aromatic heterocycles. The molecule has 0 fully saturated rings. The Hall–Kier alpha value is -1.53. The van der Waals surface area contributed by atoms with Crippen LogP contribution in [-0.4, -0.2) is 15.7 Å². The molecule has 2 rings (SSSR count). The van der Waals surface area contributed by atoms with E-state index >= 15 is 0 Å². The summed E-state index contributed by atoms with van der Waals surface area (Å²) in [6.07, 6.45) is 1.46. The van der Waals surface area contributed by atoms with Crippen LogP contribution in [0.5, 0.6) is 0 Å². The maximum Gasteiger partial charge on any atom is 0.257 e. The van der Waals surface area contributed by atoms with Gasteiger partial charge in [-0.05, 0) is 19.1 Å². The Labute approximate surface area is 114 Å². The zero-order chi connectivity index (χ0) is 13.3. The van der Waals surface area contributed by atoms with Crippen LogP contribution >= 0.6 is 22.9 Å². The number of nitrogens with zero attached hydrogens (tertiary/aromatic N) is 2. The number of hydrogen-bond acceptors (Lipinski definition) is 4. The summed E-state index contributed by atoms with van der Waals surface area (Å²) in [5.41, 5.74) is 6.12. The highest BCUT2D eigenvalue weighted by molar-refractivity contribution is 7.16. The molecular weight excluding hydrogens is 272 g/mol. The fourth-order valence-corrected chi connectivity index (χ4v) is 2.59. The van der Waals surface area contributed by atoms with E-state index in [4.69, 9.17) is 17.3 Å². The molecule has 0 aliphatic rings. The summed E-state index contributed by atoms with van der Waals surface area (Å²) < 4.78 is 2.16. The van der Waals surface area contributed by atoms with Crippen molar-refractivity contribution in [2.24, 2.45) is 7.05 Å². The van der Waals surface area contributed by atoms with Crippen molar-refractivity contribution in [3.63, 3.8) is 0 Å². The van der Waals surface area contributed by atoms with Crippen LogP contribution in [0.25, 0.3) is 0 Å². The minimum Gasteiger partial charge on any atom is -0.383 e. The molecule has 0 aromatic carbocycles. The molecule has 1 atom stereocenters. The van der Waals surface area contributed by atoms with Crippen LogP contribution in [0, 0.1) is 0 Å². The molecule has 18 heavy (non-hydrogen) atoms. The van der Waals surface area contributed by atoms with Crippen molar-refractivity contribution in [3.8, 4) is 0 Å². The second-order valence-corrected chi connectivity index (χ2v) is 5.65. The summed E-state index contributed by atoms with van der Waals surface area (Å²) in [5.74, 6) is 0.113. The normalized spacial score (nSPS) is 12.4. The monoisotopic (exact) mass is 284 g/mol. The van der Waals surface area contributed by atoms with Gasteiger partial charge in [-0.15, -0.1) is 11.3 Å². The molecule has 5 nitrogen and oxygen atoms in total. The summed E-state index contributed by atoms with van der Waals surface area (Å²) >= 11 is 7.30. The average Bonchev–Trinajstić information content (AvgIpc) is 2.87. The number of carbonyl (C=O) groups is 1. The van der Waals surface area contributed by atoms with Gasteiger partial charge in [0.05, 0.1) is 16.6 Å². The van der Waals surface area contributed by atoms with Gasteiger partial charge in [-0.25, -0.2) is 0 Å². The number of rotatable bonds is 3. The van der Waals surface area contributed by atoms with Crippen LogP contribution in [0.2, 0.25) is 4.34 Å². The third kappa shape index (κ3) is 2.49. The average molecular weight is 285 g/mol. The SMILES string of the molecule is CC(NC(=O)c1cnn(C)c1N)c1ccc(Cl)s1. The van der Waals surface area contributed by atoms with Crippen LogP contribution in [0.4, 0.5) is 5.82 Å². The zero-order valence-electron chi connectivity index (χ0n) is 9.98. The highest BCUT2D eigenvalue weighted by atomic mass is 35.5. The molecule has 0 spiro atoms. The number of nitrogens with one attached hydrogen (secondary N) is 1. The Morgan fingerprint density at radius 2 is 2.33 bits per heavy atom. The lowest BCUT2D eigenvalue weighted by atomic mass is 10.2. The first-order chi connectivity index (χ1) is 8.49. The topological polar surface area (TPSA) is 72.9 Å². The molecule has 2 heterocycles. The molecule has 3 N–H and O–H groups in total. The number of hydrogen-bond donors (Lipinski definition) is 2. The molecule has 1 unspecified atom stereocenters. The summed E-state index contributed by atoms with van der Waals surface area (Å²) in [4.78, 5) is 13.0. The fraction of sp³-hybridized carbons (Fsp3) is 0.273.